The molecule has 0 spiro atoms. The molecule has 1 aromatic heterocycles. The zero-order valence-electron chi connectivity index (χ0n) is 8.41. The van der Waals surface area contributed by atoms with Crippen molar-refractivity contribution in [1.82, 2.24) is 4.98 Å². The zero-order chi connectivity index (χ0) is 11.4. The normalized spacial score (nSPS) is 10.4. The predicted octanol–water partition coefficient (Wildman–Crippen LogP) is 3.59. The quantitative estimate of drug-likeness (QED) is 0.904. The molecule has 0 radical (unpaired) electrons. The van der Waals surface area contributed by atoms with Gasteiger partial charge in [-0.05, 0) is 18.2 Å². The zero-order valence-corrected chi connectivity index (χ0v) is 9.98. The number of thiazole rings is 1. The molecule has 1 N–H and O–H groups in total. The van der Waals surface area contributed by atoms with Crippen LogP contribution in [0.25, 0.3) is 0 Å². The highest BCUT2D eigenvalue weighted by Crippen LogP contribution is 2.19. The minimum absolute atomic E-state index is 0.138. The molecule has 0 saturated carbocycles. The molecule has 2 aromatic rings. The van der Waals surface area contributed by atoms with E-state index in [0.29, 0.717) is 0 Å². The van der Waals surface area contributed by atoms with E-state index >= 15 is 0 Å². The summed E-state index contributed by atoms with van der Waals surface area (Å²) in [4.78, 5) is 4.17. The van der Waals surface area contributed by atoms with Gasteiger partial charge < -0.3 is 5.32 Å². The SMILES string of the molecule is Fc1ccc(NCCc2nccs2)cc1Cl. The molecule has 1 aromatic carbocycles. The van der Waals surface area contributed by atoms with Crippen molar-refractivity contribution in [3.8, 4) is 0 Å². The Morgan fingerprint density at radius 1 is 1.44 bits per heavy atom. The second-order valence-corrected chi connectivity index (χ2v) is 4.62. The molecule has 16 heavy (non-hydrogen) atoms. The minimum Gasteiger partial charge on any atom is -0.385 e. The van der Waals surface area contributed by atoms with Gasteiger partial charge in [-0.2, -0.15) is 0 Å². The monoisotopic (exact) mass is 256 g/mol. The van der Waals surface area contributed by atoms with Crippen molar-refractivity contribution in [2.45, 2.75) is 6.42 Å². The first-order valence-electron chi connectivity index (χ1n) is 4.83. The minimum atomic E-state index is -0.396. The summed E-state index contributed by atoms with van der Waals surface area (Å²) in [7, 11) is 0. The lowest BCUT2D eigenvalue weighted by molar-refractivity contribution is 0.628. The van der Waals surface area contributed by atoms with Gasteiger partial charge in [0, 0.05) is 30.2 Å². The van der Waals surface area contributed by atoms with Crippen molar-refractivity contribution in [1.29, 1.82) is 0 Å². The van der Waals surface area contributed by atoms with Crippen molar-refractivity contribution < 1.29 is 4.39 Å². The van der Waals surface area contributed by atoms with Crippen molar-refractivity contribution in [2.24, 2.45) is 0 Å². The van der Waals surface area contributed by atoms with E-state index in [-0.39, 0.29) is 5.02 Å². The molecule has 84 valence electrons. The fraction of sp³-hybridized carbons (Fsp3) is 0.182. The van der Waals surface area contributed by atoms with Gasteiger partial charge in [-0.3, -0.25) is 0 Å². The van der Waals surface area contributed by atoms with Crippen LogP contribution in [0, 0.1) is 5.82 Å². The average molecular weight is 257 g/mol. The van der Waals surface area contributed by atoms with Gasteiger partial charge in [0.2, 0.25) is 0 Å². The van der Waals surface area contributed by atoms with Crippen LogP contribution in [0.15, 0.2) is 29.8 Å². The van der Waals surface area contributed by atoms with Gasteiger partial charge in [0.05, 0.1) is 10.0 Å². The van der Waals surface area contributed by atoms with Crippen LogP contribution in [0.2, 0.25) is 5.02 Å². The number of halogens is 2. The Kier molecular flexibility index (Phi) is 3.74. The van der Waals surface area contributed by atoms with Gasteiger partial charge in [-0.15, -0.1) is 11.3 Å². The Labute approximate surface area is 102 Å². The number of hydrogen-bond acceptors (Lipinski definition) is 3. The summed E-state index contributed by atoms with van der Waals surface area (Å²) < 4.78 is 12.9. The molecule has 2 rings (SSSR count). The molecule has 0 bridgehead atoms. The Bertz CT molecular complexity index is 459. The third-order valence-corrected chi connectivity index (χ3v) is 3.20. The highest BCUT2D eigenvalue weighted by molar-refractivity contribution is 7.09. The smallest absolute Gasteiger partial charge is 0.141 e. The van der Waals surface area contributed by atoms with E-state index in [1.165, 1.54) is 6.07 Å². The first-order chi connectivity index (χ1) is 7.75. The third-order valence-electron chi connectivity index (χ3n) is 2.07. The van der Waals surface area contributed by atoms with E-state index in [1.807, 2.05) is 5.38 Å². The van der Waals surface area contributed by atoms with E-state index in [4.69, 9.17) is 11.6 Å². The predicted molar refractivity (Wildman–Crippen MR) is 65.7 cm³/mol. The van der Waals surface area contributed by atoms with Gasteiger partial charge >= 0.3 is 0 Å². The number of benzene rings is 1. The standard InChI is InChI=1S/C11H10ClFN2S/c12-9-7-8(1-2-10(9)13)14-4-3-11-15-5-6-16-11/h1-2,5-7,14H,3-4H2. The summed E-state index contributed by atoms with van der Waals surface area (Å²) in [6.45, 7) is 0.759. The second kappa shape index (κ2) is 5.27. The fourth-order valence-corrected chi connectivity index (χ4v) is 2.10. The summed E-state index contributed by atoms with van der Waals surface area (Å²) in [5.41, 5.74) is 0.822. The van der Waals surface area contributed by atoms with E-state index < -0.39 is 5.82 Å². The summed E-state index contributed by atoms with van der Waals surface area (Å²) in [6.07, 6.45) is 2.64. The molecule has 0 saturated heterocycles. The van der Waals surface area contributed by atoms with Crippen LogP contribution in [0.4, 0.5) is 10.1 Å². The third kappa shape index (κ3) is 2.93. The summed E-state index contributed by atoms with van der Waals surface area (Å²) in [6, 6.07) is 4.61. The van der Waals surface area contributed by atoms with Gasteiger partial charge in [-0.1, -0.05) is 11.6 Å². The van der Waals surface area contributed by atoms with Crippen molar-refractivity contribution in [2.75, 3.05) is 11.9 Å². The lowest BCUT2D eigenvalue weighted by Gasteiger charge is -2.05. The van der Waals surface area contributed by atoms with Gasteiger partial charge in [-0.25, -0.2) is 9.37 Å². The number of rotatable bonds is 4. The molecule has 0 aliphatic rings. The van der Waals surface area contributed by atoms with Crippen LogP contribution >= 0.6 is 22.9 Å². The molecule has 0 aliphatic carbocycles. The molecule has 0 atom stereocenters. The Morgan fingerprint density at radius 3 is 3.00 bits per heavy atom. The molecule has 0 fully saturated rings. The Morgan fingerprint density at radius 2 is 2.31 bits per heavy atom. The number of nitrogens with one attached hydrogen (secondary N) is 1. The van der Waals surface area contributed by atoms with Gasteiger partial charge in [0.25, 0.3) is 0 Å². The molecule has 0 aliphatic heterocycles. The Balaban J connectivity index is 1.87. The van der Waals surface area contributed by atoms with Crippen molar-refractivity contribution in [3.63, 3.8) is 0 Å². The molecule has 0 amide bonds. The molecule has 1 heterocycles. The lowest BCUT2D eigenvalue weighted by atomic mass is 10.3. The largest absolute Gasteiger partial charge is 0.385 e. The Hall–Kier alpha value is -1.13. The first kappa shape index (κ1) is 11.4. The maximum absolute atomic E-state index is 12.9. The van der Waals surface area contributed by atoms with E-state index in [9.17, 15) is 4.39 Å². The molecular weight excluding hydrogens is 247 g/mol. The van der Waals surface area contributed by atoms with E-state index in [2.05, 4.69) is 10.3 Å². The maximum Gasteiger partial charge on any atom is 0.141 e. The number of aromatic nitrogens is 1. The molecular formula is C11H10ClFN2S. The van der Waals surface area contributed by atoms with Gasteiger partial charge in [0.1, 0.15) is 5.82 Å². The maximum atomic E-state index is 12.9. The van der Waals surface area contributed by atoms with Crippen LogP contribution < -0.4 is 5.32 Å². The highest BCUT2D eigenvalue weighted by atomic mass is 35.5. The van der Waals surface area contributed by atoms with Crippen molar-refractivity contribution >= 4 is 28.6 Å². The van der Waals surface area contributed by atoms with E-state index in [1.54, 1.807) is 29.7 Å². The number of nitrogens with zero attached hydrogens (tertiary/aromatic N) is 1. The summed E-state index contributed by atoms with van der Waals surface area (Å²) >= 11 is 7.29. The highest BCUT2D eigenvalue weighted by Gasteiger charge is 2.00. The number of hydrogen-bond donors (Lipinski definition) is 1. The summed E-state index contributed by atoms with van der Waals surface area (Å²) in [5.74, 6) is -0.396. The first-order valence-corrected chi connectivity index (χ1v) is 6.09. The van der Waals surface area contributed by atoms with Crippen LogP contribution in [-0.2, 0) is 6.42 Å². The molecule has 0 unspecified atom stereocenters. The molecule has 5 heteroatoms. The van der Waals surface area contributed by atoms with Gasteiger partial charge in [0.15, 0.2) is 0 Å². The average Bonchev–Trinajstić information content (AvgIpc) is 2.76. The topological polar surface area (TPSA) is 24.9 Å². The van der Waals surface area contributed by atoms with Crippen molar-refractivity contribution in [3.05, 3.63) is 45.6 Å². The van der Waals surface area contributed by atoms with Crippen LogP contribution in [-0.4, -0.2) is 11.5 Å². The van der Waals surface area contributed by atoms with Crippen LogP contribution in [0.3, 0.4) is 0 Å². The summed E-state index contributed by atoms with van der Waals surface area (Å²) in [5, 5.41) is 6.34. The fourth-order valence-electron chi connectivity index (χ4n) is 1.30. The van der Waals surface area contributed by atoms with Crippen LogP contribution in [0.5, 0.6) is 0 Å². The lowest BCUT2D eigenvalue weighted by Crippen LogP contribution is -2.04. The molecule has 2 nitrogen and oxygen atoms in total. The van der Waals surface area contributed by atoms with E-state index in [0.717, 1.165) is 23.7 Å². The van der Waals surface area contributed by atoms with Crippen LogP contribution in [0.1, 0.15) is 5.01 Å². The number of anilines is 1. The second-order valence-electron chi connectivity index (χ2n) is 3.23.